The lowest BCUT2D eigenvalue weighted by Gasteiger charge is -2.35. The molecule has 2 amide bonds. The van der Waals surface area contributed by atoms with Crippen molar-refractivity contribution in [3.63, 3.8) is 0 Å². The second-order valence-corrected chi connectivity index (χ2v) is 7.28. The Morgan fingerprint density at radius 2 is 2.12 bits per heavy atom. The molecular weight excluding hydrogens is 324 g/mol. The molecular formula is C19H23ClN2O2. The lowest BCUT2D eigenvalue weighted by atomic mass is 9.93. The first-order chi connectivity index (χ1) is 11.5. The van der Waals surface area contributed by atoms with Crippen LogP contribution in [0.2, 0.25) is 0 Å². The first-order valence-electron chi connectivity index (χ1n) is 8.43. The number of fused-ring (bicyclic) bond motifs is 1. The number of aryl methyl sites for hydroxylation is 1. The number of carbonyl (C=O) groups excluding carboxylic acids is 2. The molecule has 0 bridgehead atoms. The molecule has 0 saturated carbocycles. The van der Waals surface area contributed by atoms with Crippen molar-refractivity contribution in [1.82, 2.24) is 9.80 Å². The Morgan fingerprint density at radius 1 is 1.38 bits per heavy atom. The van der Waals surface area contributed by atoms with Gasteiger partial charge in [-0.1, -0.05) is 42.4 Å². The second-order valence-electron chi connectivity index (χ2n) is 6.74. The Labute approximate surface area is 148 Å². The predicted molar refractivity (Wildman–Crippen MR) is 94.6 cm³/mol. The zero-order valence-corrected chi connectivity index (χ0v) is 14.8. The van der Waals surface area contributed by atoms with E-state index in [9.17, 15) is 9.59 Å². The van der Waals surface area contributed by atoms with Gasteiger partial charge < -0.3 is 9.80 Å². The number of halogens is 1. The van der Waals surface area contributed by atoms with Gasteiger partial charge in [-0.2, -0.15) is 0 Å². The summed E-state index contributed by atoms with van der Waals surface area (Å²) in [5.74, 6) is -0.187. The van der Waals surface area contributed by atoms with Gasteiger partial charge in [0.2, 0.25) is 11.8 Å². The van der Waals surface area contributed by atoms with Crippen molar-refractivity contribution in [2.75, 3.05) is 20.1 Å². The number of benzene rings is 1. The van der Waals surface area contributed by atoms with Crippen molar-refractivity contribution < 1.29 is 9.59 Å². The van der Waals surface area contributed by atoms with E-state index in [2.05, 4.69) is 18.7 Å². The number of nitrogens with zero attached hydrogens (tertiary/aromatic N) is 2. The second kappa shape index (κ2) is 6.98. The lowest BCUT2D eigenvalue weighted by molar-refractivity contribution is -0.145. The summed E-state index contributed by atoms with van der Waals surface area (Å²) in [6.45, 7) is 4.74. The van der Waals surface area contributed by atoms with Gasteiger partial charge in [0, 0.05) is 31.0 Å². The van der Waals surface area contributed by atoms with Crippen molar-refractivity contribution in [2.24, 2.45) is 5.92 Å². The van der Waals surface area contributed by atoms with Crippen molar-refractivity contribution in [3.8, 4) is 0 Å². The topological polar surface area (TPSA) is 40.6 Å². The van der Waals surface area contributed by atoms with Gasteiger partial charge in [0.1, 0.15) is 0 Å². The SMILES string of the molecule is C=C(Cl)CN(C(=O)[C@H]1CCN(C)C(=O)C1)[C@@H]1CCc2ccccc21. The van der Waals surface area contributed by atoms with Crippen LogP contribution in [0.25, 0.3) is 0 Å². The van der Waals surface area contributed by atoms with Gasteiger partial charge in [-0.15, -0.1) is 0 Å². The Morgan fingerprint density at radius 3 is 2.83 bits per heavy atom. The van der Waals surface area contributed by atoms with E-state index >= 15 is 0 Å². The van der Waals surface area contributed by atoms with Gasteiger partial charge in [0.05, 0.1) is 12.6 Å². The van der Waals surface area contributed by atoms with Crippen LogP contribution in [0, 0.1) is 5.92 Å². The van der Waals surface area contributed by atoms with Crippen LogP contribution in [0.15, 0.2) is 35.9 Å². The minimum Gasteiger partial charge on any atom is -0.346 e. The maximum Gasteiger partial charge on any atom is 0.227 e. The van der Waals surface area contributed by atoms with Gasteiger partial charge in [-0.25, -0.2) is 0 Å². The van der Waals surface area contributed by atoms with Crippen LogP contribution in [-0.4, -0.2) is 41.8 Å². The van der Waals surface area contributed by atoms with Crippen molar-refractivity contribution in [1.29, 1.82) is 0 Å². The van der Waals surface area contributed by atoms with E-state index in [4.69, 9.17) is 11.6 Å². The highest BCUT2D eigenvalue weighted by Crippen LogP contribution is 2.37. The summed E-state index contributed by atoms with van der Waals surface area (Å²) in [6, 6.07) is 8.27. The smallest absolute Gasteiger partial charge is 0.227 e. The van der Waals surface area contributed by atoms with E-state index in [1.165, 1.54) is 11.1 Å². The van der Waals surface area contributed by atoms with Crippen molar-refractivity contribution in [2.45, 2.75) is 31.7 Å². The summed E-state index contributed by atoms with van der Waals surface area (Å²) in [7, 11) is 1.79. The monoisotopic (exact) mass is 346 g/mol. The van der Waals surface area contributed by atoms with Crippen LogP contribution < -0.4 is 0 Å². The molecule has 1 heterocycles. The van der Waals surface area contributed by atoms with Gasteiger partial charge in [0.15, 0.2) is 0 Å². The minimum atomic E-state index is -0.252. The Bertz CT molecular complexity index is 673. The highest BCUT2D eigenvalue weighted by atomic mass is 35.5. The fourth-order valence-corrected chi connectivity index (χ4v) is 3.90. The summed E-state index contributed by atoms with van der Waals surface area (Å²) in [4.78, 5) is 28.7. The molecule has 2 aliphatic rings. The summed E-state index contributed by atoms with van der Waals surface area (Å²) in [5, 5.41) is 0.451. The molecule has 1 fully saturated rings. The first-order valence-corrected chi connectivity index (χ1v) is 8.80. The third-order valence-electron chi connectivity index (χ3n) is 5.11. The molecule has 3 rings (SSSR count). The van der Waals surface area contributed by atoms with Crippen LogP contribution >= 0.6 is 11.6 Å². The van der Waals surface area contributed by atoms with Gasteiger partial charge in [0.25, 0.3) is 0 Å². The Balaban J connectivity index is 1.83. The van der Waals surface area contributed by atoms with Crippen LogP contribution in [0.4, 0.5) is 0 Å². The molecule has 0 radical (unpaired) electrons. The van der Waals surface area contributed by atoms with E-state index in [1.54, 1.807) is 11.9 Å². The molecule has 24 heavy (non-hydrogen) atoms. The highest BCUT2D eigenvalue weighted by Gasteiger charge is 2.37. The molecule has 1 aromatic carbocycles. The maximum atomic E-state index is 13.1. The Hall–Kier alpha value is -1.81. The quantitative estimate of drug-likeness (QED) is 0.840. The molecule has 0 spiro atoms. The number of amides is 2. The number of rotatable bonds is 4. The predicted octanol–water partition coefficient (Wildman–Crippen LogP) is 3.12. The summed E-state index contributed by atoms with van der Waals surface area (Å²) < 4.78 is 0. The van der Waals surface area contributed by atoms with Gasteiger partial charge in [-0.3, -0.25) is 9.59 Å². The minimum absolute atomic E-state index is 0.0268. The molecule has 5 heteroatoms. The lowest BCUT2D eigenvalue weighted by Crippen LogP contribution is -2.45. The van der Waals surface area contributed by atoms with Crippen molar-refractivity contribution >= 4 is 23.4 Å². The largest absolute Gasteiger partial charge is 0.346 e. The first kappa shape index (κ1) is 17.0. The zero-order chi connectivity index (χ0) is 17.3. The maximum absolute atomic E-state index is 13.1. The molecule has 4 nitrogen and oxygen atoms in total. The number of carbonyl (C=O) groups is 2. The van der Waals surface area contributed by atoms with Crippen LogP contribution in [-0.2, 0) is 16.0 Å². The van der Waals surface area contributed by atoms with Crippen LogP contribution in [0.5, 0.6) is 0 Å². The van der Waals surface area contributed by atoms with Gasteiger partial charge >= 0.3 is 0 Å². The Kier molecular flexibility index (Phi) is 4.95. The van der Waals surface area contributed by atoms with E-state index in [0.717, 1.165) is 12.8 Å². The van der Waals surface area contributed by atoms with Crippen molar-refractivity contribution in [3.05, 3.63) is 47.0 Å². The van der Waals surface area contributed by atoms with E-state index in [1.807, 2.05) is 17.0 Å². The molecule has 0 unspecified atom stereocenters. The van der Waals surface area contributed by atoms with E-state index < -0.39 is 0 Å². The molecule has 0 N–H and O–H groups in total. The van der Waals surface area contributed by atoms with Crippen LogP contribution in [0.3, 0.4) is 0 Å². The average Bonchev–Trinajstić information content (AvgIpc) is 2.98. The molecule has 1 saturated heterocycles. The third-order valence-corrected chi connectivity index (χ3v) is 5.23. The molecule has 1 aromatic rings. The summed E-state index contributed by atoms with van der Waals surface area (Å²) >= 11 is 6.05. The summed E-state index contributed by atoms with van der Waals surface area (Å²) in [6.07, 6.45) is 2.86. The molecule has 2 atom stereocenters. The normalized spacial score (nSPS) is 23.1. The number of piperidine rings is 1. The number of likely N-dealkylation sites (tertiary alicyclic amines) is 1. The average molecular weight is 347 g/mol. The van der Waals surface area contributed by atoms with Crippen LogP contribution in [0.1, 0.15) is 36.4 Å². The summed E-state index contributed by atoms with van der Waals surface area (Å²) in [5.41, 5.74) is 2.49. The molecule has 1 aliphatic heterocycles. The molecule has 1 aliphatic carbocycles. The number of hydrogen-bond acceptors (Lipinski definition) is 2. The zero-order valence-electron chi connectivity index (χ0n) is 14.0. The highest BCUT2D eigenvalue weighted by molar-refractivity contribution is 6.29. The fourth-order valence-electron chi connectivity index (χ4n) is 3.77. The van der Waals surface area contributed by atoms with Gasteiger partial charge in [-0.05, 0) is 30.4 Å². The molecule has 0 aromatic heterocycles. The fraction of sp³-hybridized carbons (Fsp3) is 0.474. The third kappa shape index (κ3) is 3.34. The number of hydrogen-bond donors (Lipinski definition) is 0. The van der Waals surface area contributed by atoms with E-state index in [0.29, 0.717) is 24.5 Å². The molecule has 128 valence electrons. The van der Waals surface area contributed by atoms with E-state index in [-0.39, 0.29) is 30.2 Å². The standard InChI is InChI=1S/C19H23ClN2O2/c1-13(20)12-22(17-8-7-14-5-3-4-6-16(14)17)19(24)15-9-10-21(2)18(23)11-15/h3-6,15,17H,1,7-12H2,2H3/t15-,17+/m0/s1.